The molecule has 1 spiro atoms. The molecule has 1 saturated heterocycles. The molecular formula is C31H30F4N4O4S. The summed E-state index contributed by atoms with van der Waals surface area (Å²) < 4.78 is 82.2. The highest BCUT2D eigenvalue weighted by atomic mass is 32.2. The summed E-state index contributed by atoms with van der Waals surface area (Å²) in [6, 6.07) is 11.2. The third-order valence-corrected chi connectivity index (χ3v) is 10.8. The zero-order chi connectivity index (χ0) is 31.4. The van der Waals surface area contributed by atoms with Crippen LogP contribution in [0.15, 0.2) is 65.7 Å². The molecule has 2 fully saturated rings. The second kappa shape index (κ2) is 10.9. The van der Waals surface area contributed by atoms with Crippen LogP contribution in [-0.4, -0.2) is 49.2 Å². The molecule has 3 aliphatic rings. The molecule has 0 bridgehead atoms. The molecule has 13 heteroatoms. The Balaban J connectivity index is 1.36. The fourth-order valence-corrected chi connectivity index (χ4v) is 8.41. The first kappa shape index (κ1) is 30.0. The van der Waals surface area contributed by atoms with Crippen LogP contribution in [-0.2, 0) is 33.0 Å². The average molecular weight is 631 g/mol. The van der Waals surface area contributed by atoms with Gasteiger partial charge >= 0.3 is 6.18 Å². The van der Waals surface area contributed by atoms with Gasteiger partial charge in [-0.2, -0.15) is 13.2 Å². The fourth-order valence-electron chi connectivity index (χ4n) is 6.61. The minimum atomic E-state index is -4.52. The van der Waals surface area contributed by atoms with Crippen molar-refractivity contribution in [3.8, 4) is 0 Å². The van der Waals surface area contributed by atoms with Crippen LogP contribution in [0.5, 0.6) is 0 Å². The molecular weight excluding hydrogens is 600 g/mol. The minimum absolute atomic E-state index is 0.0421. The maximum atomic E-state index is 14.2. The molecule has 2 aromatic carbocycles. The summed E-state index contributed by atoms with van der Waals surface area (Å²) in [5.74, 6) is -1.04. The van der Waals surface area contributed by atoms with Crippen LogP contribution in [0, 0.1) is 11.7 Å². The monoisotopic (exact) mass is 630 g/mol. The van der Waals surface area contributed by atoms with Crippen LogP contribution in [0.2, 0.25) is 0 Å². The lowest BCUT2D eigenvalue weighted by Crippen LogP contribution is -2.54. The van der Waals surface area contributed by atoms with E-state index in [-0.39, 0.29) is 34.5 Å². The van der Waals surface area contributed by atoms with E-state index in [4.69, 9.17) is 0 Å². The first-order valence-electron chi connectivity index (χ1n) is 14.3. The fraction of sp³-hybridized carbons (Fsp3) is 0.387. The topological polar surface area (TPSA) is 99.7 Å². The predicted molar refractivity (Wildman–Crippen MR) is 153 cm³/mol. The number of alkyl halides is 3. The summed E-state index contributed by atoms with van der Waals surface area (Å²) in [6.45, 7) is 2.25. The molecule has 232 valence electrons. The Morgan fingerprint density at radius 1 is 1.02 bits per heavy atom. The number of carbonyl (C=O) groups is 2. The molecule has 6 rings (SSSR count). The number of anilines is 1. The predicted octanol–water partition coefficient (Wildman–Crippen LogP) is 5.04. The number of piperidine rings is 1. The zero-order valence-corrected chi connectivity index (χ0v) is 24.6. The van der Waals surface area contributed by atoms with Crippen molar-refractivity contribution in [2.45, 2.75) is 61.7 Å². The number of fused-ring (bicyclic) bond motifs is 2. The van der Waals surface area contributed by atoms with Gasteiger partial charge in [0, 0.05) is 37.2 Å². The summed E-state index contributed by atoms with van der Waals surface area (Å²) in [7, 11) is -4.12. The molecule has 3 aromatic rings. The Morgan fingerprint density at radius 2 is 1.70 bits per heavy atom. The second-order valence-corrected chi connectivity index (χ2v) is 13.5. The van der Waals surface area contributed by atoms with Gasteiger partial charge in [-0.15, -0.1) is 0 Å². The third kappa shape index (κ3) is 5.31. The van der Waals surface area contributed by atoms with Gasteiger partial charge in [0.05, 0.1) is 34.4 Å². The summed E-state index contributed by atoms with van der Waals surface area (Å²) in [6.07, 6.45) is -1.15. The van der Waals surface area contributed by atoms with Crippen LogP contribution in [0.4, 0.5) is 23.2 Å². The molecule has 8 nitrogen and oxygen atoms in total. The highest BCUT2D eigenvalue weighted by molar-refractivity contribution is 7.92. The summed E-state index contributed by atoms with van der Waals surface area (Å²) in [5.41, 5.74) is 0.0937. The number of halogens is 4. The molecule has 0 radical (unpaired) electrons. The second-order valence-electron chi connectivity index (χ2n) is 11.6. The summed E-state index contributed by atoms with van der Waals surface area (Å²) in [4.78, 5) is 31.0. The molecule has 1 aliphatic carbocycles. The molecule has 1 saturated carbocycles. The van der Waals surface area contributed by atoms with Crippen molar-refractivity contribution in [1.82, 2.24) is 15.2 Å². The molecule has 2 amide bonds. The highest BCUT2D eigenvalue weighted by Gasteiger charge is 2.60. The number of rotatable bonds is 6. The minimum Gasteiger partial charge on any atom is -0.346 e. The molecule has 1 N–H and O–H groups in total. The molecule has 1 aromatic heterocycles. The standard InChI is InChI=1S/C31H30F4N4O4S/c1-19(40)38-14-12-30(13-15-38)26-16-21(29(41)37-18-24-8-5-22(17-36-24)31(33,34)35)4-11-27(26)39(28(30)20-2-3-20)44(42,43)25-9-6-23(32)7-10-25/h4-11,16-17,20,28H,2-3,12-15,18H2,1H3,(H,37,41). The molecule has 44 heavy (non-hydrogen) atoms. The lowest BCUT2D eigenvalue weighted by Gasteiger charge is -2.45. The lowest BCUT2D eigenvalue weighted by molar-refractivity contribution is -0.137. The van der Waals surface area contributed by atoms with E-state index in [9.17, 15) is 35.6 Å². The van der Waals surface area contributed by atoms with Crippen molar-refractivity contribution < 1.29 is 35.6 Å². The largest absolute Gasteiger partial charge is 0.417 e. The first-order chi connectivity index (χ1) is 20.8. The Hall–Kier alpha value is -4.00. The number of carbonyl (C=O) groups excluding carboxylic acids is 2. The highest BCUT2D eigenvalue weighted by Crippen LogP contribution is 2.59. The quantitative estimate of drug-likeness (QED) is 0.385. The maximum absolute atomic E-state index is 14.2. The van der Waals surface area contributed by atoms with Crippen LogP contribution >= 0.6 is 0 Å². The van der Waals surface area contributed by atoms with Gasteiger partial charge < -0.3 is 10.2 Å². The van der Waals surface area contributed by atoms with Crippen molar-refractivity contribution in [3.05, 3.63) is 89.0 Å². The summed E-state index contributed by atoms with van der Waals surface area (Å²) in [5, 5.41) is 2.69. The summed E-state index contributed by atoms with van der Waals surface area (Å²) >= 11 is 0. The van der Waals surface area contributed by atoms with Crippen molar-refractivity contribution in [2.24, 2.45) is 5.92 Å². The average Bonchev–Trinajstić information content (AvgIpc) is 3.79. The normalized spacial score (nSPS) is 19.6. The first-order valence-corrected chi connectivity index (χ1v) is 15.8. The van der Waals surface area contributed by atoms with Gasteiger partial charge in [0.1, 0.15) is 5.82 Å². The van der Waals surface area contributed by atoms with E-state index in [1.54, 1.807) is 17.0 Å². The van der Waals surface area contributed by atoms with E-state index in [1.807, 2.05) is 0 Å². The molecule has 3 heterocycles. The number of benzene rings is 2. The number of hydrogen-bond acceptors (Lipinski definition) is 5. The third-order valence-electron chi connectivity index (χ3n) is 8.97. The van der Waals surface area contributed by atoms with E-state index in [0.29, 0.717) is 43.4 Å². The Morgan fingerprint density at radius 3 is 2.27 bits per heavy atom. The number of hydrogen-bond donors (Lipinski definition) is 1. The van der Waals surface area contributed by atoms with E-state index >= 15 is 0 Å². The Kier molecular flexibility index (Phi) is 7.42. The zero-order valence-electron chi connectivity index (χ0n) is 23.8. The van der Waals surface area contributed by atoms with Gasteiger partial charge in [0.25, 0.3) is 15.9 Å². The van der Waals surface area contributed by atoms with Gasteiger partial charge in [-0.25, -0.2) is 12.8 Å². The van der Waals surface area contributed by atoms with Crippen molar-refractivity contribution in [1.29, 1.82) is 0 Å². The van der Waals surface area contributed by atoms with Crippen LogP contribution in [0.1, 0.15) is 59.8 Å². The number of nitrogens with one attached hydrogen (secondary N) is 1. The van der Waals surface area contributed by atoms with Gasteiger partial charge in [-0.05, 0) is 91.8 Å². The van der Waals surface area contributed by atoms with E-state index in [2.05, 4.69) is 10.3 Å². The molecule has 2 aliphatic heterocycles. The maximum Gasteiger partial charge on any atom is 0.417 e. The Labute approximate surface area is 252 Å². The van der Waals surface area contributed by atoms with Gasteiger partial charge in [0.15, 0.2) is 0 Å². The smallest absolute Gasteiger partial charge is 0.346 e. The van der Waals surface area contributed by atoms with E-state index < -0.39 is 44.9 Å². The lowest BCUT2D eigenvalue weighted by atomic mass is 9.68. The van der Waals surface area contributed by atoms with E-state index in [1.165, 1.54) is 35.5 Å². The SMILES string of the molecule is CC(=O)N1CCC2(CC1)c1cc(C(=O)NCc3ccc(C(F)(F)F)cn3)ccc1N(S(=O)(=O)c1ccc(F)cc1)C2C1CC1. The number of pyridine rings is 1. The number of aromatic nitrogens is 1. The van der Waals surface area contributed by atoms with Crippen molar-refractivity contribution >= 4 is 27.5 Å². The van der Waals surface area contributed by atoms with Crippen molar-refractivity contribution in [3.63, 3.8) is 0 Å². The number of amides is 2. The van der Waals surface area contributed by atoms with Crippen LogP contribution in [0.25, 0.3) is 0 Å². The van der Waals surface area contributed by atoms with Gasteiger partial charge in [0.2, 0.25) is 5.91 Å². The van der Waals surface area contributed by atoms with Crippen LogP contribution < -0.4 is 9.62 Å². The van der Waals surface area contributed by atoms with Crippen molar-refractivity contribution in [2.75, 3.05) is 17.4 Å². The van der Waals surface area contributed by atoms with Gasteiger partial charge in [-0.3, -0.25) is 18.9 Å². The van der Waals surface area contributed by atoms with E-state index in [0.717, 1.165) is 31.0 Å². The van der Waals surface area contributed by atoms with Gasteiger partial charge in [-0.1, -0.05) is 0 Å². The molecule has 1 unspecified atom stereocenters. The van der Waals surface area contributed by atoms with Crippen LogP contribution in [0.3, 0.4) is 0 Å². The Bertz CT molecular complexity index is 1700. The number of likely N-dealkylation sites (tertiary alicyclic amines) is 1. The number of nitrogens with zero attached hydrogens (tertiary/aromatic N) is 3. The number of sulfonamides is 1. The molecule has 1 atom stereocenters.